The Balaban J connectivity index is 2.91. The summed E-state index contributed by atoms with van der Waals surface area (Å²) in [6.07, 6.45) is 1.53. The number of fused-ring (bicyclic) bond motifs is 1. The molecule has 3 nitrogen and oxygen atoms in total. The predicted molar refractivity (Wildman–Crippen MR) is 44.3 cm³/mol. The van der Waals surface area contributed by atoms with Gasteiger partial charge in [-0.25, -0.2) is 9.97 Å². The maximum absolute atomic E-state index is 5.81. The van der Waals surface area contributed by atoms with Crippen LogP contribution in [0, 0.1) is 0 Å². The van der Waals surface area contributed by atoms with Gasteiger partial charge in [0.1, 0.15) is 13.4 Å². The van der Waals surface area contributed by atoms with E-state index in [0.29, 0.717) is 16.3 Å². The Morgan fingerprint density at radius 1 is 1.55 bits per heavy atom. The van der Waals surface area contributed by atoms with E-state index in [-0.39, 0.29) is 0 Å². The highest BCUT2D eigenvalue weighted by Crippen LogP contribution is 2.15. The van der Waals surface area contributed by atoms with Crippen LogP contribution >= 0.6 is 11.6 Å². The first-order chi connectivity index (χ1) is 5.27. The molecule has 0 aliphatic heterocycles. The smallest absolute Gasteiger partial charge is 0.178 e. The lowest BCUT2D eigenvalue weighted by Gasteiger charge is -1.93. The van der Waals surface area contributed by atoms with Crippen molar-refractivity contribution in [2.75, 3.05) is 0 Å². The summed E-state index contributed by atoms with van der Waals surface area (Å²) in [5, 5.41) is 0.546. The van der Waals surface area contributed by atoms with Crippen LogP contribution in [0.3, 0.4) is 0 Å². The highest BCUT2D eigenvalue weighted by atomic mass is 35.5. The van der Waals surface area contributed by atoms with Gasteiger partial charge in [0.2, 0.25) is 0 Å². The van der Waals surface area contributed by atoms with Crippen molar-refractivity contribution in [3.05, 3.63) is 17.4 Å². The second kappa shape index (κ2) is 2.24. The van der Waals surface area contributed by atoms with Crippen molar-refractivity contribution < 1.29 is 0 Å². The van der Waals surface area contributed by atoms with Gasteiger partial charge in [-0.05, 0) is 11.7 Å². The molecule has 5 heteroatoms. The number of pyridine rings is 1. The molecule has 0 bridgehead atoms. The predicted octanol–water partition coefficient (Wildman–Crippen LogP) is 0.405. The molecule has 0 saturated carbocycles. The minimum absolute atomic E-state index is 0.384. The van der Waals surface area contributed by atoms with Gasteiger partial charge in [0.15, 0.2) is 5.65 Å². The Bertz CT molecular complexity index is 398. The van der Waals surface area contributed by atoms with Crippen LogP contribution in [-0.4, -0.2) is 22.8 Å². The third-order valence-corrected chi connectivity index (χ3v) is 1.67. The highest BCUT2D eigenvalue weighted by molar-refractivity contribution is 6.38. The van der Waals surface area contributed by atoms with Crippen molar-refractivity contribution in [2.45, 2.75) is 0 Å². The molecule has 11 heavy (non-hydrogen) atoms. The fourth-order valence-electron chi connectivity index (χ4n) is 0.904. The van der Waals surface area contributed by atoms with Crippen LogP contribution in [0.15, 0.2) is 12.4 Å². The van der Waals surface area contributed by atoms with Gasteiger partial charge in [0, 0.05) is 0 Å². The normalized spacial score (nSPS) is 10.6. The molecular formula is C6H3BClN3. The molecule has 0 aliphatic carbocycles. The summed E-state index contributed by atoms with van der Waals surface area (Å²) in [5.74, 6) is 0. The van der Waals surface area contributed by atoms with Crippen molar-refractivity contribution in [1.82, 2.24) is 15.0 Å². The standard InChI is InChI=1S/C6H3BClN3/c7-4-1-3(8)5-6(11-4)10-2-9-5/h1-2H,(H,9,10,11). The van der Waals surface area contributed by atoms with Crippen LogP contribution in [0.2, 0.25) is 5.02 Å². The lowest BCUT2D eigenvalue weighted by molar-refractivity contribution is 1.32. The van der Waals surface area contributed by atoms with Crippen LogP contribution in [0.5, 0.6) is 0 Å². The molecule has 0 spiro atoms. The van der Waals surface area contributed by atoms with Crippen LogP contribution in [0.25, 0.3) is 11.2 Å². The first-order valence-electron chi connectivity index (χ1n) is 3.02. The molecule has 0 amide bonds. The van der Waals surface area contributed by atoms with Crippen molar-refractivity contribution in [3.63, 3.8) is 0 Å². The van der Waals surface area contributed by atoms with E-state index in [1.165, 1.54) is 6.33 Å². The molecule has 0 saturated heterocycles. The van der Waals surface area contributed by atoms with Crippen molar-refractivity contribution >= 4 is 36.2 Å². The number of nitrogens with zero attached hydrogens (tertiary/aromatic N) is 2. The number of aromatic amines is 1. The van der Waals surface area contributed by atoms with E-state index in [1.54, 1.807) is 6.07 Å². The maximum Gasteiger partial charge on any atom is 0.178 e. The average molecular weight is 163 g/mol. The van der Waals surface area contributed by atoms with Crippen LogP contribution in [0.4, 0.5) is 0 Å². The fourth-order valence-corrected chi connectivity index (χ4v) is 1.16. The number of hydrogen-bond acceptors (Lipinski definition) is 2. The van der Waals surface area contributed by atoms with Gasteiger partial charge in [0.05, 0.1) is 11.3 Å². The van der Waals surface area contributed by atoms with E-state index in [1.807, 2.05) is 0 Å². The summed E-state index contributed by atoms with van der Waals surface area (Å²) < 4.78 is 0. The number of nitrogens with one attached hydrogen (secondary N) is 1. The Morgan fingerprint density at radius 3 is 3.18 bits per heavy atom. The second-order valence-corrected chi connectivity index (χ2v) is 2.54. The van der Waals surface area contributed by atoms with Gasteiger partial charge < -0.3 is 4.98 Å². The van der Waals surface area contributed by atoms with Crippen LogP contribution < -0.4 is 5.59 Å². The highest BCUT2D eigenvalue weighted by Gasteiger charge is 2.01. The van der Waals surface area contributed by atoms with E-state index < -0.39 is 0 Å². The molecule has 2 aromatic heterocycles. The molecule has 2 rings (SSSR count). The number of rotatable bonds is 0. The molecule has 1 N–H and O–H groups in total. The molecule has 0 aromatic carbocycles. The van der Waals surface area contributed by atoms with Crippen molar-refractivity contribution in [1.29, 1.82) is 0 Å². The van der Waals surface area contributed by atoms with Gasteiger partial charge >= 0.3 is 0 Å². The largest absolute Gasteiger partial charge is 0.342 e. The Labute approximate surface area is 69.2 Å². The third kappa shape index (κ3) is 0.992. The van der Waals surface area contributed by atoms with E-state index >= 15 is 0 Å². The van der Waals surface area contributed by atoms with Crippen molar-refractivity contribution in [3.8, 4) is 0 Å². The average Bonchev–Trinajstić information content (AvgIpc) is 2.34. The van der Waals surface area contributed by atoms with E-state index in [4.69, 9.17) is 19.4 Å². The lowest BCUT2D eigenvalue weighted by Crippen LogP contribution is -2.07. The lowest BCUT2D eigenvalue weighted by atomic mass is 10.0. The van der Waals surface area contributed by atoms with Crippen molar-refractivity contribution in [2.24, 2.45) is 0 Å². The van der Waals surface area contributed by atoms with E-state index in [9.17, 15) is 0 Å². The minimum atomic E-state index is 0.384. The van der Waals surface area contributed by atoms with E-state index in [2.05, 4.69) is 15.0 Å². The fraction of sp³-hybridized carbons (Fsp3) is 0. The zero-order valence-corrected chi connectivity index (χ0v) is 6.26. The first-order valence-corrected chi connectivity index (χ1v) is 3.40. The summed E-state index contributed by atoms with van der Waals surface area (Å²) in [5.41, 5.74) is 1.66. The molecular weight excluding hydrogens is 160 g/mol. The van der Waals surface area contributed by atoms with Gasteiger partial charge in [-0.15, -0.1) is 0 Å². The quantitative estimate of drug-likeness (QED) is 0.571. The number of imidazole rings is 1. The van der Waals surface area contributed by atoms with Crippen LogP contribution in [0.1, 0.15) is 0 Å². The SMILES string of the molecule is [B]c1cc(Cl)c2[nH]cnc2n1. The Morgan fingerprint density at radius 2 is 2.36 bits per heavy atom. The molecule has 0 unspecified atom stereocenters. The number of aromatic nitrogens is 3. The third-order valence-electron chi connectivity index (χ3n) is 1.37. The summed E-state index contributed by atoms with van der Waals surface area (Å²) in [7, 11) is 5.43. The zero-order chi connectivity index (χ0) is 7.84. The molecule has 2 radical (unpaired) electrons. The molecule has 0 atom stereocenters. The second-order valence-electron chi connectivity index (χ2n) is 2.13. The number of halogens is 1. The van der Waals surface area contributed by atoms with Gasteiger partial charge in [0.25, 0.3) is 0 Å². The zero-order valence-electron chi connectivity index (χ0n) is 5.50. The topological polar surface area (TPSA) is 41.6 Å². The van der Waals surface area contributed by atoms with Gasteiger partial charge in [-0.3, -0.25) is 0 Å². The molecule has 52 valence electrons. The number of hydrogen-bond donors (Lipinski definition) is 1. The molecule has 2 heterocycles. The monoisotopic (exact) mass is 163 g/mol. The number of H-pyrrole nitrogens is 1. The summed E-state index contributed by atoms with van der Waals surface area (Å²) in [6, 6.07) is 1.59. The van der Waals surface area contributed by atoms with Gasteiger partial charge in [-0.2, -0.15) is 0 Å². The maximum atomic E-state index is 5.81. The summed E-state index contributed by atoms with van der Waals surface area (Å²) in [4.78, 5) is 10.7. The molecule has 0 aliphatic rings. The molecule has 0 fully saturated rings. The van der Waals surface area contributed by atoms with Gasteiger partial charge in [-0.1, -0.05) is 11.6 Å². The van der Waals surface area contributed by atoms with Crippen LogP contribution in [-0.2, 0) is 0 Å². The van der Waals surface area contributed by atoms with E-state index in [0.717, 1.165) is 5.52 Å². The minimum Gasteiger partial charge on any atom is -0.342 e. The summed E-state index contributed by atoms with van der Waals surface area (Å²) >= 11 is 5.81. The Kier molecular flexibility index (Phi) is 1.36. The molecule has 2 aromatic rings. The summed E-state index contributed by atoms with van der Waals surface area (Å²) in [6.45, 7) is 0. The first kappa shape index (κ1) is 6.67. The Hall–Kier alpha value is -1.03.